The number of sulfonamides is 1. The Morgan fingerprint density at radius 1 is 1.07 bits per heavy atom. The number of carbonyl (C=O) groups excluding carboxylic acids is 1. The van der Waals surface area contributed by atoms with Gasteiger partial charge in [-0.2, -0.15) is 4.31 Å². The maximum Gasteiger partial charge on any atom is 0.254 e. The number of likely N-dealkylation sites (tertiary alicyclic amines) is 1. The van der Waals surface area contributed by atoms with Crippen molar-refractivity contribution in [2.24, 2.45) is 7.05 Å². The molecule has 0 N–H and O–H groups in total. The summed E-state index contributed by atoms with van der Waals surface area (Å²) in [6, 6.07) is 9.35. The Bertz CT molecular complexity index is 1110. The van der Waals surface area contributed by atoms with Crippen molar-refractivity contribution in [3.8, 4) is 5.75 Å². The molecule has 2 aliphatic rings. The molecule has 0 unspecified atom stereocenters. The topological polar surface area (TPSA) is 88.9 Å². The number of hydrogen-bond donors (Lipinski definition) is 0. The summed E-state index contributed by atoms with van der Waals surface area (Å²) in [5.41, 5.74) is 1.10. The van der Waals surface area contributed by atoms with Gasteiger partial charge >= 0.3 is 0 Å². The lowest BCUT2D eigenvalue weighted by Gasteiger charge is -2.39. The van der Waals surface area contributed by atoms with Crippen LogP contribution in [0.1, 0.15) is 28.9 Å². The number of hydrogen-bond acceptors (Lipinski definition) is 5. The van der Waals surface area contributed by atoms with Crippen LogP contribution in [0.25, 0.3) is 0 Å². The van der Waals surface area contributed by atoms with Gasteiger partial charge in [0.2, 0.25) is 10.0 Å². The summed E-state index contributed by atoms with van der Waals surface area (Å²) in [7, 11) is -1.78. The highest BCUT2D eigenvalue weighted by molar-refractivity contribution is 7.89. The van der Waals surface area contributed by atoms with E-state index in [4.69, 9.17) is 4.74 Å². The van der Waals surface area contributed by atoms with Crippen LogP contribution in [-0.4, -0.2) is 60.4 Å². The molecule has 0 spiro atoms. The second kappa shape index (κ2) is 7.88. The van der Waals surface area contributed by atoms with Gasteiger partial charge in [-0.05, 0) is 50.1 Å². The second-order valence-electron chi connectivity index (χ2n) is 7.82. The van der Waals surface area contributed by atoms with Gasteiger partial charge in [0.25, 0.3) is 11.5 Å². The molecule has 0 atom stereocenters. The minimum Gasteiger partial charge on any atom is -0.486 e. The van der Waals surface area contributed by atoms with Crippen LogP contribution < -0.4 is 10.3 Å². The maximum atomic E-state index is 12.7. The van der Waals surface area contributed by atoms with Gasteiger partial charge in [0.05, 0.1) is 18.0 Å². The Hall–Kier alpha value is -2.65. The van der Waals surface area contributed by atoms with Crippen molar-refractivity contribution in [3.05, 3.63) is 58.0 Å². The molecule has 4 rings (SSSR count). The lowest BCUT2D eigenvalue weighted by molar-refractivity contribution is 0.0176. The van der Waals surface area contributed by atoms with Crippen LogP contribution in [0.2, 0.25) is 0 Å². The third kappa shape index (κ3) is 3.87. The molecule has 0 bridgehead atoms. The predicted octanol–water partition coefficient (Wildman–Crippen LogP) is 1.38. The SMILES string of the molecule is Cc1cc(OC2CN(C(=O)c3ccc(S(=O)(=O)N4CCCC4)cc3)C2)cc(=O)n1C. The summed E-state index contributed by atoms with van der Waals surface area (Å²) in [5.74, 6) is 0.337. The molecular formula is C21H25N3O5S. The summed E-state index contributed by atoms with van der Waals surface area (Å²) < 4.78 is 34.0. The Labute approximate surface area is 175 Å². The first-order valence-electron chi connectivity index (χ1n) is 9.99. The molecule has 2 aliphatic heterocycles. The van der Waals surface area contributed by atoms with E-state index >= 15 is 0 Å². The number of carbonyl (C=O) groups is 1. The molecule has 1 aromatic heterocycles. The fourth-order valence-corrected chi connectivity index (χ4v) is 5.22. The highest BCUT2D eigenvalue weighted by atomic mass is 32.2. The molecule has 9 heteroatoms. The van der Waals surface area contributed by atoms with Crippen molar-refractivity contribution >= 4 is 15.9 Å². The first-order valence-corrected chi connectivity index (χ1v) is 11.4. The molecular weight excluding hydrogens is 406 g/mol. The van der Waals surface area contributed by atoms with Crippen LogP contribution in [0.4, 0.5) is 0 Å². The average Bonchev–Trinajstić information content (AvgIpc) is 3.24. The molecule has 0 aliphatic carbocycles. The summed E-state index contributed by atoms with van der Waals surface area (Å²) in [6.07, 6.45) is 1.59. The van der Waals surface area contributed by atoms with Gasteiger partial charge < -0.3 is 14.2 Å². The molecule has 2 saturated heterocycles. The van der Waals surface area contributed by atoms with Crippen LogP contribution in [0.5, 0.6) is 5.75 Å². The van der Waals surface area contributed by atoms with E-state index in [9.17, 15) is 18.0 Å². The standard InChI is InChI=1S/C21H25N3O5S/c1-15-11-17(12-20(25)22(15)2)29-18-13-23(14-18)21(26)16-5-7-19(8-6-16)30(27,28)24-9-3-4-10-24/h5-8,11-12,18H,3-4,9-10,13-14H2,1-2H3. The van der Waals surface area contributed by atoms with Crippen LogP contribution >= 0.6 is 0 Å². The van der Waals surface area contributed by atoms with Crippen LogP contribution in [0.15, 0.2) is 46.1 Å². The normalized spacial score (nSPS) is 17.7. The third-order valence-electron chi connectivity index (χ3n) is 5.72. The summed E-state index contributed by atoms with van der Waals surface area (Å²) >= 11 is 0. The molecule has 2 aromatic rings. The summed E-state index contributed by atoms with van der Waals surface area (Å²) in [4.78, 5) is 26.4. The van der Waals surface area contributed by atoms with Gasteiger partial charge in [0, 0.05) is 37.5 Å². The average molecular weight is 432 g/mol. The molecule has 0 saturated carbocycles. The number of aromatic nitrogens is 1. The lowest BCUT2D eigenvalue weighted by Crippen LogP contribution is -2.56. The molecule has 2 fully saturated rings. The fraction of sp³-hybridized carbons (Fsp3) is 0.429. The number of aryl methyl sites for hydroxylation is 1. The minimum absolute atomic E-state index is 0.138. The van der Waals surface area contributed by atoms with Gasteiger partial charge in [-0.3, -0.25) is 9.59 Å². The molecule has 3 heterocycles. The van der Waals surface area contributed by atoms with Crippen LogP contribution in [0, 0.1) is 6.92 Å². The smallest absolute Gasteiger partial charge is 0.254 e. The van der Waals surface area contributed by atoms with E-state index in [1.807, 2.05) is 6.92 Å². The predicted molar refractivity (Wildman–Crippen MR) is 111 cm³/mol. The van der Waals surface area contributed by atoms with E-state index < -0.39 is 10.0 Å². The van der Waals surface area contributed by atoms with E-state index in [1.165, 1.54) is 27.1 Å². The van der Waals surface area contributed by atoms with Crippen LogP contribution in [0.3, 0.4) is 0 Å². The molecule has 8 nitrogen and oxygen atoms in total. The first-order chi connectivity index (χ1) is 14.3. The Morgan fingerprint density at radius 3 is 2.30 bits per heavy atom. The Balaban J connectivity index is 1.36. The fourth-order valence-electron chi connectivity index (χ4n) is 3.71. The maximum absolute atomic E-state index is 12.7. The quantitative estimate of drug-likeness (QED) is 0.714. The van der Waals surface area contributed by atoms with Crippen molar-refractivity contribution in [2.75, 3.05) is 26.2 Å². The monoisotopic (exact) mass is 431 g/mol. The number of ether oxygens (including phenoxy) is 1. The van der Waals surface area contributed by atoms with E-state index in [0.29, 0.717) is 37.5 Å². The van der Waals surface area contributed by atoms with E-state index in [1.54, 1.807) is 30.1 Å². The Kier molecular flexibility index (Phi) is 5.42. The van der Waals surface area contributed by atoms with Crippen molar-refractivity contribution in [1.29, 1.82) is 0 Å². The second-order valence-corrected chi connectivity index (χ2v) is 9.75. The first kappa shape index (κ1) is 20.6. The van der Waals surface area contributed by atoms with Gasteiger partial charge in [0.15, 0.2) is 0 Å². The van der Waals surface area contributed by atoms with E-state index in [0.717, 1.165) is 18.5 Å². The van der Waals surface area contributed by atoms with Crippen molar-refractivity contribution in [2.45, 2.75) is 30.8 Å². The van der Waals surface area contributed by atoms with Gasteiger partial charge in [-0.15, -0.1) is 0 Å². The number of benzene rings is 1. The van der Waals surface area contributed by atoms with Crippen molar-refractivity contribution in [1.82, 2.24) is 13.8 Å². The zero-order chi connectivity index (χ0) is 21.5. The minimum atomic E-state index is -3.49. The zero-order valence-electron chi connectivity index (χ0n) is 17.1. The van der Waals surface area contributed by atoms with E-state index in [2.05, 4.69) is 0 Å². The largest absolute Gasteiger partial charge is 0.486 e. The Morgan fingerprint density at radius 2 is 1.70 bits per heavy atom. The number of nitrogens with zero attached hydrogens (tertiary/aromatic N) is 3. The van der Waals surface area contributed by atoms with Crippen molar-refractivity contribution in [3.63, 3.8) is 0 Å². The number of pyridine rings is 1. The van der Waals surface area contributed by atoms with Gasteiger partial charge in [0.1, 0.15) is 11.9 Å². The van der Waals surface area contributed by atoms with Crippen LogP contribution in [-0.2, 0) is 17.1 Å². The number of rotatable bonds is 5. The summed E-state index contributed by atoms with van der Waals surface area (Å²) in [5, 5.41) is 0. The molecule has 1 aromatic carbocycles. The molecule has 30 heavy (non-hydrogen) atoms. The van der Waals surface area contributed by atoms with Gasteiger partial charge in [-0.25, -0.2) is 8.42 Å². The third-order valence-corrected chi connectivity index (χ3v) is 7.63. The highest BCUT2D eigenvalue weighted by Gasteiger charge is 2.33. The summed E-state index contributed by atoms with van der Waals surface area (Å²) in [6.45, 7) is 3.76. The molecule has 160 valence electrons. The highest BCUT2D eigenvalue weighted by Crippen LogP contribution is 2.23. The lowest BCUT2D eigenvalue weighted by atomic mass is 10.1. The molecule has 0 radical (unpaired) electrons. The van der Waals surface area contributed by atoms with Gasteiger partial charge in [-0.1, -0.05) is 0 Å². The zero-order valence-corrected chi connectivity index (χ0v) is 17.9. The number of amides is 1. The van der Waals surface area contributed by atoms with E-state index in [-0.39, 0.29) is 22.5 Å². The van der Waals surface area contributed by atoms with Crippen molar-refractivity contribution < 1.29 is 17.9 Å². The molecule has 1 amide bonds.